The van der Waals surface area contributed by atoms with E-state index in [1.165, 1.54) is 5.20 Å². The van der Waals surface area contributed by atoms with Crippen LogP contribution in [-0.4, -0.2) is 45.6 Å². The molecule has 0 radical (unpaired) electrons. The van der Waals surface area contributed by atoms with E-state index in [9.17, 15) is 0 Å². The fourth-order valence-corrected chi connectivity index (χ4v) is 5.34. The maximum absolute atomic E-state index is 5.58. The Morgan fingerprint density at radius 1 is 1.00 bits per heavy atom. The average Bonchev–Trinajstić information content (AvgIpc) is 2.45. The van der Waals surface area contributed by atoms with E-state index in [1.807, 2.05) is 6.55 Å². The third-order valence-electron chi connectivity index (χ3n) is 3.89. The van der Waals surface area contributed by atoms with Crippen molar-refractivity contribution < 1.29 is 17.7 Å². The zero-order chi connectivity index (χ0) is 13.8. The van der Waals surface area contributed by atoms with Crippen LogP contribution < -0.4 is 0 Å². The van der Waals surface area contributed by atoms with Crippen molar-refractivity contribution in [3.63, 3.8) is 0 Å². The molecule has 0 bridgehead atoms. The largest absolute Gasteiger partial charge is 0.397 e. The molecule has 1 aliphatic rings. The molecule has 0 N–H and O–H groups in total. The number of hydrogen-bond donors (Lipinski definition) is 0. The maximum Gasteiger partial charge on any atom is 0.368 e. The Morgan fingerprint density at radius 3 is 1.89 bits per heavy atom. The normalized spacial score (nSPS) is 21.0. The second-order valence-electron chi connectivity index (χ2n) is 4.64. The van der Waals surface area contributed by atoms with Gasteiger partial charge in [-0.1, -0.05) is 18.2 Å². The summed E-state index contributed by atoms with van der Waals surface area (Å²) in [6.07, 6.45) is 7.41. The van der Waals surface area contributed by atoms with Gasteiger partial charge in [-0.05, 0) is 24.7 Å². The molecule has 6 heteroatoms. The lowest BCUT2D eigenvalue weighted by molar-refractivity contribution is 0.241. The van der Waals surface area contributed by atoms with Crippen molar-refractivity contribution in [2.45, 2.75) is 25.1 Å². The van der Waals surface area contributed by atoms with Crippen LogP contribution in [0.1, 0.15) is 6.42 Å². The molecule has 0 saturated carbocycles. The highest BCUT2D eigenvalue weighted by atomic mass is 28.4. The molecule has 0 heterocycles. The van der Waals surface area contributed by atoms with Gasteiger partial charge in [-0.25, -0.2) is 0 Å². The molecular formula is C12H24O4Si2. The molecule has 0 aromatic rings. The smallest absolute Gasteiger partial charge is 0.368 e. The predicted molar refractivity (Wildman–Crippen MR) is 76.9 cm³/mol. The van der Waals surface area contributed by atoms with E-state index in [1.54, 1.807) is 28.4 Å². The van der Waals surface area contributed by atoms with E-state index in [2.05, 4.69) is 24.8 Å². The van der Waals surface area contributed by atoms with Crippen molar-refractivity contribution in [2.75, 3.05) is 28.4 Å². The highest BCUT2D eigenvalue weighted by Crippen LogP contribution is 2.34. The summed E-state index contributed by atoms with van der Waals surface area (Å²) in [6.45, 7) is 4.14. The maximum atomic E-state index is 5.58. The lowest BCUT2D eigenvalue weighted by atomic mass is 10.2. The average molecular weight is 288 g/mol. The van der Waals surface area contributed by atoms with E-state index in [0.717, 1.165) is 6.42 Å². The van der Waals surface area contributed by atoms with Gasteiger partial charge >= 0.3 is 17.1 Å². The van der Waals surface area contributed by atoms with E-state index in [-0.39, 0.29) is 0 Å². The van der Waals surface area contributed by atoms with Gasteiger partial charge in [-0.2, -0.15) is 0 Å². The second kappa shape index (κ2) is 6.27. The Bertz CT molecular complexity index is 333. The van der Waals surface area contributed by atoms with Crippen molar-refractivity contribution in [1.29, 1.82) is 0 Å². The minimum absolute atomic E-state index is 0.336. The fourth-order valence-electron chi connectivity index (χ4n) is 2.05. The van der Waals surface area contributed by atoms with Crippen LogP contribution in [0.25, 0.3) is 0 Å². The number of rotatable bonds is 6. The van der Waals surface area contributed by atoms with Gasteiger partial charge in [0, 0.05) is 34.0 Å². The summed E-state index contributed by atoms with van der Waals surface area (Å²) in [6, 6.07) is 0. The van der Waals surface area contributed by atoms with E-state index in [0.29, 0.717) is 5.54 Å². The van der Waals surface area contributed by atoms with E-state index < -0.39 is 17.1 Å². The molecule has 1 atom stereocenters. The molecule has 1 aliphatic carbocycles. The van der Waals surface area contributed by atoms with Gasteiger partial charge in [0.2, 0.25) is 0 Å². The first-order valence-electron chi connectivity index (χ1n) is 6.05. The summed E-state index contributed by atoms with van der Waals surface area (Å²) in [5.41, 5.74) is 0.336. The molecule has 0 saturated heterocycles. The SMILES string of the molecule is CO[Si](C)(OC)C1=CCC([Si](C)(OC)OC)C=C1. The first-order valence-corrected chi connectivity index (χ1v) is 10.8. The lowest BCUT2D eigenvalue weighted by Crippen LogP contribution is -2.43. The molecule has 0 spiro atoms. The molecule has 0 aliphatic heterocycles. The monoisotopic (exact) mass is 288 g/mol. The summed E-state index contributed by atoms with van der Waals surface area (Å²) < 4.78 is 22.3. The van der Waals surface area contributed by atoms with Gasteiger partial charge in [-0.15, -0.1) is 0 Å². The molecule has 0 aromatic carbocycles. The lowest BCUT2D eigenvalue weighted by Gasteiger charge is -2.33. The standard InChI is InChI=1S/C12H24O4Si2/c1-13-17(5,14-2)11-7-9-12(10-8-11)18(6,15-3)16-4/h7-9,12H,10H2,1-6H3. The minimum atomic E-state index is -2.20. The first kappa shape index (κ1) is 15.8. The second-order valence-corrected chi connectivity index (χ2v) is 11.5. The summed E-state index contributed by atoms with van der Waals surface area (Å²) >= 11 is 0. The molecule has 0 fully saturated rings. The van der Waals surface area contributed by atoms with E-state index >= 15 is 0 Å². The van der Waals surface area contributed by atoms with Gasteiger partial charge in [-0.3, -0.25) is 0 Å². The predicted octanol–water partition coefficient (Wildman–Crippen LogP) is 2.51. The van der Waals surface area contributed by atoms with Gasteiger partial charge < -0.3 is 17.7 Å². The van der Waals surface area contributed by atoms with Gasteiger partial charge in [0.25, 0.3) is 0 Å². The van der Waals surface area contributed by atoms with Crippen molar-refractivity contribution >= 4 is 17.1 Å². The molecule has 0 amide bonds. The topological polar surface area (TPSA) is 36.9 Å². The number of allylic oxidation sites excluding steroid dienone is 4. The highest BCUT2D eigenvalue weighted by Gasteiger charge is 2.40. The molecule has 4 nitrogen and oxygen atoms in total. The van der Waals surface area contributed by atoms with Crippen molar-refractivity contribution in [1.82, 2.24) is 0 Å². The third-order valence-corrected chi connectivity index (χ3v) is 10.3. The summed E-state index contributed by atoms with van der Waals surface area (Å²) in [7, 11) is 2.57. The van der Waals surface area contributed by atoms with Crippen LogP contribution in [0.5, 0.6) is 0 Å². The Balaban J connectivity index is 2.82. The fraction of sp³-hybridized carbons (Fsp3) is 0.667. The summed E-state index contributed by atoms with van der Waals surface area (Å²) in [4.78, 5) is 0. The van der Waals surface area contributed by atoms with Gasteiger partial charge in [0.15, 0.2) is 0 Å². The summed E-state index contributed by atoms with van der Waals surface area (Å²) in [5, 5.41) is 1.17. The van der Waals surface area contributed by atoms with Crippen LogP contribution in [0.2, 0.25) is 18.6 Å². The van der Waals surface area contributed by atoms with Crippen LogP contribution >= 0.6 is 0 Å². The Kier molecular flexibility index (Phi) is 5.51. The minimum Gasteiger partial charge on any atom is -0.397 e. The van der Waals surface area contributed by atoms with Crippen LogP contribution in [0.3, 0.4) is 0 Å². The number of hydrogen-bond acceptors (Lipinski definition) is 4. The van der Waals surface area contributed by atoms with Crippen LogP contribution in [-0.2, 0) is 17.7 Å². The van der Waals surface area contributed by atoms with Crippen LogP contribution in [0.4, 0.5) is 0 Å². The zero-order valence-corrected chi connectivity index (χ0v) is 14.1. The molecule has 1 rings (SSSR count). The van der Waals surface area contributed by atoms with Crippen molar-refractivity contribution in [3.8, 4) is 0 Å². The molecule has 1 unspecified atom stereocenters. The van der Waals surface area contributed by atoms with Crippen LogP contribution in [0.15, 0.2) is 23.4 Å². The van der Waals surface area contributed by atoms with Crippen molar-refractivity contribution in [2.24, 2.45) is 0 Å². The van der Waals surface area contributed by atoms with Crippen molar-refractivity contribution in [3.05, 3.63) is 23.4 Å². The van der Waals surface area contributed by atoms with Gasteiger partial charge in [0.1, 0.15) is 0 Å². The van der Waals surface area contributed by atoms with E-state index in [4.69, 9.17) is 17.7 Å². The Hall–Kier alpha value is -0.246. The quantitative estimate of drug-likeness (QED) is 0.704. The van der Waals surface area contributed by atoms with Gasteiger partial charge in [0.05, 0.1) is 0 Å². The summed E-state index contributed by atoms with van der Waals surface area (Å²) in [5.74, 6) is 0. The molecular weight excluding hydrogens is 264 g/mol. The first-order chi connectivity index (χ1) is 8.45. The molecule has 18 heavy (non-hydrogen) atoms. The zero-order valence-electron chi connectivity index (χ0n) is 12.1. The Labute approximate surface area is 112 Å². The molecule has 104 valence electrons. The highest BCUT2D eigenvalue weighted by molar-refractivity contribution is 6.74. The Morgan fingerprint density at radius 2 is 1.56 bits per heavy atom. The third kappa shape index (κ3) is 3.01. The van der Waals surface area contributed by atoms with Crippen LogP contribution in [0, 0.1) is 0 Å². The molecule has 0 aromatic heterocycles.